The Morgan fingerprint density at radius 1 is 1.12 bits per heavy atom. The number of hydrogen-bond donors (Lipinski definition) is 1. The second kappa shape index (κ2) is 6.42. The van der Waals surface area contributed by atoms with Crippen molar-refractivity contribution in [3.63, 3.8) is 0 Å². The normalized spacial score (nSPS) is 28.1. The maximum Gasteiger partial charge on any atom is 0.122 e. The van der Waals surface area contributed by atoms with Gasteiger partial charge >= 0.3 is 0 Å². The molecule has 4 rings (SSSR count). The van der Waals surface area contributed by atoms with Crippen LogP contribution in [0.2, 0.25) is 0 Å². The predicted molar refractivity (Wildman–Crippen MR) is 104 cm³/mol. The molecule has 26 heavy (non-hydrogen) atoms. The van der Waals surface area contributed by atoms with Crippen LogP contribution in [0.25, 0.3) is 0 Å². The first-order chi connectivity index (χ1) is 12.5. The van der Waals surface area contributed by atoms with Crippen molar-refractivity contribution in [3.05, 3.63) is 88.8 Å². The molecular weight excluding hydrogens is 323 g/mol. The van der Waals surface area contributed by atoms with Crippen LogP contribution in [-0.4, -0.2) is 5.11 Å². The standard InChI is InChI=1S/C24H25FO/c1-16-12-13-24(2,15-22(16)25)23-20(17-6-4-3-5-7-17)10-8-18-14-19(26)9-11-21(18)23/h3-7,9,11-12,14-15,20,23,26H,8,10,13H2,1-2H3/t20-,23+,24?/m1/s1. The van der Waals surface area contributed by atoms with Gasteiger partial charge < -0.3 is 5.11 Å². The number of allylic oxidation sites excluding steroid dienone is 4. The lowest BCUT2D eigenvalue weighted by Gasteiger charge is -2.45. The lowest BCUT2D eigenvalue weighted by Crippen LogP contribution is -2.33. The molecule has 0 radical (unpaired) electrons. The highest BCUT2D eigenvalue weighted by molar-refractivity contribution is 5.45. The van der Waals surface area contributed by atoms with Gasteiger partial charge in [-0.3, -0.25) is 0 Å². The number of fused-ring (bicyclic) bond motifs is 1. The second-order valence-electron chi connectivity index (χ2n) is 8.01. The Kier molecular flexibility index (Phi) is 4.22. The molecule has 0 spiro atoms. The van der Waals surface area contributed by atoms with Gasteiger partial charge in [0.1, 0.15) is 11.6 Å². The van der Waals surface area contributed by atoms with E-state index >= 15 is 0 Å². The molecule has 134 valence electrons. The van der Waals surface area contributed by atoms with E-state index in [1.165, 1.54) is 16.7 Å². The fraction of sp³-hybridized carbons (Fsp3) is 0.333. The number of phenols is 1. The topological polar surface area (TPSA) is 20.2 Å². The molecule has 2 heteroatoms. The maximum absolute atomic E-state index is 14.5. The number of hydrogen-bond acceptors (Lipinski definition) is 1. The molecule has 0 saturated heterocycles. The molecule has 0 amide bonds. The zero-order valence-corrected chi connectivity index (χ0v) is 15.4. The predicted octanol–water partition coefficient (Wildman–Crippen LogP) is 6.42. The summed E-state index contributed by atoms with van der Waals surface area (Å²) < 4.78 is 14.5. The van der Waals surface area contributed by atoms with Gasteiger partial charge in [0.05, 0.1) is 0 Å². The van der Waals surface area contributed by atoms with E-state index in [4.69, 9.17) is 0 Å². The minimum atomic E-state index is -0.282. The van der Waals surface area contributed by atoms with E-state index in [1.54, 1.807) is 6.07 Å². The molecule has 0 aliphatic heterocycles. The summed E-state index contributed by atoms with van der Waals surface area (Å²) in [5.74, 6) is 0.738. The molecule has 0 aromatic heterocycles. The molecule has 0 saturated carbocycles. The zero-order valence-electron chi connectivity index (χ0n) is 15.4. The van der Waals surface area contributed by atoms with Crippen molar-refractivity contribution in [1.82, 2.24) is 0 Å². The van der Waals surface area contributed by atoms with E-state index in [2.05, 4.69) is 31.2 Å². The Morgan fingerprint density at radius 3 is 2.62 bits per heavy atom. The summed E-state index contributed by atoms with van der Waals surface area (Å²) in [6.07, 6.45) is 6.66. The highest BCUT2D eigenvalue weighted by Crippen LogP contribution is 2.55. The minimum absolute atomic E-state index is 0.100. The van der Waals surface area contributed by atoms with Crippen LogP contribution in [0.4, 0.5) is 4.39 Å². The molecule has 3 atom stereocenters. The van der Waals surface area contributed by atoms with Crippen LogP contribution in [0.15, 0.2) is 72.1 Å². The van der Waals surface area contributed by atoms with Crippen molar-refractivity contribution >= 4 is 0 Å². The number of rotatable bonds is 2. The van der Waals surface area contributed by atoms with Crippen LogP contribution in [-0.2, 0) is 6.42 Å². The molecule has 1 unspecified atom stereocenters. The second-order valence-corrected chi connectivity index (χ2v) is 8.01. The van der Waals surface area contributed by atoms with Gasteiger partial charge in [-0.2, -0.15) is 0 Å². The summed E-state index contributed by atoms with van der Waals surface area (Å²) >= 11 is 0. The fourth-order valence-electron chi connectivity index (χ4n) is 4.83. The summed E-state index contributed by atoms with van der Waals surface area (Å²) in [5.41, 5.74) is 4.22. The molecule has 0 fully saturated rings. The van der Waals surface area contributed by atoms with Crippen molar-refractivity contribution in [3.8, 4) is 5.75 Å². The van der Waals surface area contributed by atoms with Crippen LogP contribution >= 0.6 is 0 Å². The summed E-state index contributed by atoms with van der Waals surface area (Å²) in [4.78, 5) is 0. The van der Waals surface area contributed by atoms with Gasteiger partial charge in [0.25, 0.3) is 0 Å². The Balaban J connectivity index is 1.86. The molecular formula is C24H25FO. The fourth-order valence-corrected chi connectivity index (χ4v) is 4.83. The zero-order chi connectivity index (χ0) is 18.3. The highest BCUT2D eigenvalue weighted by Gasteiger charge is 2.43. The first kappa shape index (κ1) is 17.1. The van der Waals surface area contributed by atoms with Crippen molar-refractivity contribution in [2.75, 3.05) is 0 Å². The van der Waals surface area contributed by atoms with Crippen molar-refractivity contribution in [2.45, 2.75) is 44.9 Å². The van der Waals surface area contributed by atoms with Gasteiger partial charge in [-0.15, -0.1) is 0 Å². The smallest absolute Gasteiger partial charge is 0.122 e. The SMILES string of the molecule is CC1=CCC(C)([C@@H]2c3ccc(O)cc3CC[C@@H]2c2ccccc2)C=C1F. The van der Waals surface area contributed by atoms with E-state index in [9.17, 15) is 9.50 Å². The Bertz CT molecular complexity index is 880. The number of benzene rings is 2. The largest absolute Gasteiger partial charge is 0.508 e. The van der Waals surface area contributed by atoms with Crippen LogP contribution in [0.5, 0.6) is 5.75 Å². The Hall–Kier alpha value is -2.35. The first-order valence-electron chi connectivity index (χ1n) is 9.40. The molecule has 2 aromatic carbocycles. The first-order valence-corrected chi connectivity index (χ1v) is 9.40. The summed E-state index contributed by atoms with van der Waals surface area (Å²) in [6.45, 7) is 4.02. The summed E-state index contributed by atoms with van der Waals surface area (Å²) in [6, 6.07) is 16.3. The Morgan fingerprint density at radius 2 is 1.88 bits per heavy atom. The third kappa shape index (κ3) is 2.88. The lowest BCUT2D eigenvalue weighted by molar-refractivity contribution is 0.264. The molecule has 2 aromatic rings. The van der Waals surface area contributed by atoms with Gasteiger partial charge in [0, 0.05) is 5.92 Å². The Labute approximate surface area is 154 Å². The minimum Gasteiger partial charge on any atom is -0.508 e. The van der Waals surface area contributed by atoms with Crippen molar-refractivity contribution in [2.24, 2.45) is 5.41 Å². The van der Waals surface area contributed by atoms with E-state index in [-0.39, 0.29) is 17.2 Å². The van der Waals surface area contributed by atoms with E-state index in [0.29, 0.717) is 11.7 Å². The average Bonchev–Trinajstić information content (AvgIpc) is 2.65. The van der Waals surface area contributed by atoms with Gasteiger partial charge in [0.15, 0.2) is 0 Å². The molecule has 1 N–H and O–H groups in total. The molecule has 1 nitrogen and oxygen atoms in total. The molecule has 2 aliphatic carbocycles. The van der Waals surface area contributed by atoms with Gasteiger partial charge in [-0.1, -0.05) is 49.4 Å². The number of aromatic hydroxyl groups is 1. The van der Waals surface area contributed by atoms with E-state index < -0.39 is 0 Å². The van der Waals surface area contributed by atoms with Crippen LogP contribution in [0.1, 0.15) is 55.2 Å². The monoisotopic (exact) mass is 348 g/mol. The number of phenolic OH excluding ortho intramolecular Hbond substituents is 1. The molecule has 2 aliphatic rings. The van der Waals surface area contributed by atoms with Crippen molar-refractivity contribution in [1.29, 1.82) is 0 Å². The number of halogens is 1. The van der Waals surface area contributed by atoms with Gasteiger partial charge in [-0.05, 0) is 78.0 Å². The van der Waals surface area contributed by atoms with Crippen LogP contribution < -0.4 is 0 Å². The van der Waals surface area contributed by atoms with Crippen LogP contribution in [0.3, 0.4) is 0 Å². The third-order valence-electron chi connectivity index (χ3n) is 6.21. The van der Waals surface area contributed by atoms with Gasteiger partial charge in [0.2, 0.25) is 0 Å². The lowest BCUT2D eigenvalue weighted by atomic mass is 9.58. The summed E-state index contributed by atoms with van der Waals surface area (Å²) in [7, 11) is 0. The quantitative estimate of drug-likeness (QED) is 0.664. The van der Waals surface area contributed by atoms with Gasteiger partial charge in [-0.25, -0.2) is 4.39 Å². The highest BCUT2D eigenvalue weighted by atomic mass is 19.1. The van der Waals surface area contributed by atoms with Crippen molar-refractivity contribution < 1.29 is 9.50 Å². The molecule has 0 bridgehead atoms. The molecule has 0 heterocycles. The maximum atomic E-state index is 14.5. The van der Waals surface area contributed by atoms with Crippen LogP contribution in [0, 0.1) is 5.41 Å². The third-order valence-corrected chi connectivity index (χ3v) is 6.21. The number of aryl methyl sites for hydroxylation is 1. The summed E-state index contributed by atoms with van der Waals surface area (Å²) in [5, 5.41) is 9.93. The van der Waals surface area contributed by atoms with E-state index in [0.717, 1.165) is 24.8 Å². The van der Waals surface area contributed by atoms with E-state index in [1.807, 2.05) is 37.3 Å². The average molecular weight is 348 g/mol.